The lowest BCUT2D eigenvalue weighted by molar-refractivity contribution is -0.125. The average Bonchev–Trinajstić information content (AvgIpc) is 2.51. The summed E-state index contributed by atoms with van der Waals surface area (Å²) in [5, 5.41) is 0. The SMILES string of the molecule is CN1CCC2(CC1)CN(C(=O)c1ccc(N)nc1)CCO2. The molecule has 3 rings (SSSR count). The number of amides is 1. The molecule has 6 heteroatoms. The van der Waals surface area contributed by atoms with Crippen LogP contribution in [0.5, 0.6) is 0 Å². The fraction of sp³-hybridized carbons (Fsp3) is 0.600. The topological polar surface area (TPSA) is 71.7 Å². The monoisotopic (exact) mass is 290 g/mol. The molecule has 1 amide bonds. The summed E-state index contributed by atoms with van der Waals surface area (Å²) in [6, 6.07) is 3.40. The van der Waals surface area contributed by atoms with Gasteiger partial charge in [0.2, 0.25) is 0 Å². The maximum Gasteiger partial charge on any atom is 0.255 e. The third-order valence-electron chi connectivity index (χ3n) is 4.47. The molecule has 6 nitrogen and oxygen atoms in total. The number of carbonyl (C=O) groups excluding carboxylic acids is 1. The summed E-state index contributed by atoms with van der Waals surface area (Å²) in [6.45, 7) is 3.96. The molecule has 0 atom stereocenters. The molecule has 0 aliphatic carbocycles. The Kier molecular flexibility index (Phi) is 3.82. The number of aromatic nitrogens is 1. The normalized spacial score (nSPS) is 22.4. The second kappa shape index (κ2) is 5.61. The summed E-state index contributed by atoms with van der Waals surface area (Å²) in [5.74, 6) is 0.449. The van der Waals surface area contributed by atoms with Crippen LogP contribution in [0, 0.1) is 0 Å². The van der Waals surface area contributed by atoms with Gasteiger partial charge in [-0.15, -0.1) is 0 Å². The van der Waals surface area contributed by atoms with Gasteiger partial charge in [0.1, 0.15) is 5.82 Å². The van der Waals surface area contributed by atoms with Gasteiger partial charge >= 0.3 is 0 Å². The summed E-state index contributed by atoms with van der Waals surface area (Å²) in [7, 11) is 2.12. The predicted octanol–water partition coefficient (Wildman–Crippen LogP) is 0.601. The van der Waals surface area contributed by atoms with Gasteiger partial charge < -0.3 is 20.3 Å². The van der Waals surface area contributed by atoms with Gasteiger partial charge in [-0.1, -0.05) is 0 Å². The number of rotatable bonds is 1. The number of carbonyl (C=O) groups is 1. The Hall–Kier alpha value is -1.66. The highest BCUT2D eigenvalue weighted by Crippen LogP contribution is 2.30. The van der Waals surface area contributed by atoms with Gasteiger partial charge in [0.15, 0.2) is 0 Å². The molecule has 1 aromatic heterocycles. The number of anilines is 1. The molecule has 0 bridgehead atoms. The number of nitrogens with two attached hydrogens (primary N) is 1. The first kappa shape index (κ1) is 14.3. The molecule has 0 radical (unpaired) electrons. The summed E-state index contributed by atoms with van der Waals surface area (Å²) >= 11 is 0. The van der Waals surface area contributed by atoms with Crippen molar-refractivity contribution < 1.29 is 9.53 Å². The number of hydrogen-bond acceptors (Lipinski definition) is 5. The first-order chi connectivity index (χ1) is 10.1. The first-order valence-electron chi connectivity index (χ1n) is 7.41. The Morgan fingerprint density at radius 2 is 2.10 bits per heavy atom. The van der Waals surface area contributed by atoms with Crippen molar-refractivity contribution in [2.75, 3.05) is 45.6 Å². The van der Waals surface area contributed by atoms with Crippen molar-refractivity contribution in [3.05, 3.63) is 23.9 Å². The van der Waals surface area contributed by atoms with Gasteiger partial charge in [0, 0.05) is 25.8 Å². The zero-order valence-corrected chi connectivity index (χ0v) is 12.4. The van der Waals surface area contributed by atoms with Crippen molar-refractivity contribution in [3.63, 3.8) is 0 Å². The molecular weight excluding hydrogens is 268 g/mol. The number of likely N-dealkylation sites (tertiary alicyclic amines) is 1. The Morgan fingerprint density at radius 3 is 2.76 bits per heavy atom. The Bertz CT molecular complexity index is 509. The molecule has 1 aromatic rings. The second-order valence-corrected chi connectivity index (χ2v) is 6.03. The Labute approximate surface area is 124 Å². The van der Waals surface area contributed by atoms with Gasteiger partial charge in [-0.3, -0.25) is 4.79 Å². The molecule has 3 heterocycles. The molecule has 1 spiro atoms. The van der Waals surface area contributed by atoms with Crippen LogP contribution < -0.4 is 5.73 Å². The summed E-state index contributed by atoms with van der Waals surface area (Å²) < 4.78 is 6.03. The quantitative estimate of drug-likeness (QED) is 0.820. The van der Waals surface area contributed by atoms with E-state index in [2.05, 4.69) is 16.9 Å². The maximum absolute atomic E-state index is 12.6. The van der Waals surface area contributed by atoms with E-state index in [1.165, 1.54) is 0 Å². The number of pyridine rings is 1. The van der Waals surface area contributed by atoms with E-state index in [1.54, 1.807) is 18.3 Å². The van der Waals surface area contributed by atoms with Crippen LogP contribution in [0.15, 0.2) is 18.3 Å². The fourth-order valence-corrected chi connectivity index (χ4v) is 3.06. The molecule has 2 aliphatic rings. The standard InChI is InChI=1S/C15H22N4O2/c1-18-6-4-15(5-7-18)11-19(8-9-21-15)14(20)12-2-3-13(16)17-10-12/h2-3,10H,4-9,11H2,1H3,(H2,16,17). The van der Waals surface area contributed by atoms with E-state index in [0.29, 0.717) is 31.1 Å². The predicted molar refractivity (Wildman–Crippen MR) is 80.0 cm³/mol. The van der Waals surface area contributed by atoms with Crippen LogP contribution in [-0.4, -0.2) is 66.1 Å². The highest BCUT2D eigenvalue weighted by atomic mass is 16.5. The number of morpholine rings is 1. The number of piperidine rings is 1. The van der Waals surface area contributed by atoms with Crippen LogP contribution in [0.4, 0.5) is 5.82 Å². The zero-order valence-electron chi connectivity index (χ0n) is 12.4. The number of nitrogen functional groups attached to an aromatic ring is 1. The minimum absolute atomic E-state index is 0.0177. The first-order valence-corrected chi connectivity index (χ1v) is 7.41. The molecule has 2 saturated heterocycles. The van der Waals surface area contributed by atoms with Crippen LogP contribution in [0.3, 0.4) is 0 Å². The van der Waals surface area contributed by atoms with Crippen molar-refractivity contribution in [2.45, 2.75) is 18.4 Å². The largest absolute Gasteiger partial charge is 0.384 e. The van der Waals surface area contributed by atoms with E-state index in [9.17, 15) is 4.79 Å². The molecule has 21 heavy (non-hydrogen) atoms. The van der Waals surface area contributed by atoms with Crippen molar-refractivity contribution in [1.29, 1.82) is 0 Å². The van der Waals surface area contributed by atoms with Crippen LogP contribution in [0.25, 0.3) is 0 Å². The van der Waals surface area contributed by atoms with Gasteiger partial charge in [0.25, 0.3) is 5.91 Å². The maximum atomic E-state index is 12.6. The highest BCUT2D eigenvalue weighted by Gasteiger charge is 2.40. The molecule has 0 saturated carbocycles. The van der Waals surface area contributed by atoms with Crippen molar-refractivity contribution in [3.8, 4) is 0 Å². The summed E-state index contributed by atoms with van der Waals surface area (Å²) in [5.41, 5.74) is 6.00. The average molecular weight is 290 g/mol. The van der Waals surface area contributed by atoms with E-state index in [-0.39, 0.29) is 11.5 Å². The molecule has 0 unspecified atom stereocenters. The lowest BCUT2D eigenvalue weighted by Gasteiger charge is -2.46. The van der Waals surface area contributed by atoms with Gasteiger partial charge in [0.05, 0.1) is 24.3 Å². The van der Waals surface area contributed by atoms with Crippen molar-refractivity contribution in [2.24, 2.45) is 0 Å². The third-order valence-corrected chi connectivity index (χ3v) is 4.47. The zero-order chi connectivity index (χ0) is 14.9. The van der Waals surface area contributed by atoms with Gasteiger partial charge in [-0.05, 0) is 32.0 Å². The highest BCUT2D eigenvalue weighted by molar-refractivity contribution is 5.94. The van der Waals surface area contributed by atoms with Crippen molar-refractivity contribution in [1.82, 2.24) is 14.8 Å². The second-order valence-electron chi connectivity index (χ2n) is 6.03. The molecule has 2 fully saturated rings. The van der Waals surface area contributed by atoms with E-state index in [0.717, 1.165) is 25.9 Å². The number of hydrogen-bond donors (Lipinski definition) is 1. The van der Waals surface area contributed by atoms with Gasteiger partial charge in [-0.25, -0.2) is 4.98 Å². The minimum Gasteiger partial charge on any atom is -0.384 e. The van der Waals surface area contributed by atoms with Crippen LogP contribution in [0.1, 0.15) is 23.2 Å². The third kappa shape index (κ3) is 3.01. The van der Waals surface area contributed by atoms with Crippen LogP contribution >= 0.6 is 0 Å². The molecular formula is C15H22N4O2. The fourth-order valence-electron chi connectivity index (χ4n) is 3.06. The van der Waals surface area contributed by atoms with Crippen LogP contribution in [0.2, 0.25) is 0 Å². The summed E-state index contributed by atoms with van der Waals surface area (Å²) in [4.78, 5) is 20.8. The lowest BCUT2D eigenvalue weighted by Crippen LogP contribution is -2.57. The number of nitrogens with zero attached hydrogens (tertiary/aromatic N) is 3. The van der Waals surface area contributed by atoms with Gasteiger partial charge in [-0.2, -0.15) is 0 Å². The van der Waals surface area contributed by atoms with E-state index in [4.69, 9.17) is 10.5 Å². The Morgan fingerprint density at radius 1 is 1.33 bits per heavy atom. The van der Waals surface area contributed by atoms with Crippen LogP contribution in [-0.2, 0) is 4.74 Å². The van der Waals surface area contributed by atoms with E-state index >= 15 is 0 Å². The molecule has 2 aliphatic heterocycles. The smallest absolute Gasteiger partial charge is 0.255 e. The summed E-state index contributed by atoms with van der Waals surface area (Å²) in [6.07, 6.45) is 3.51. The van der Waals surface area contributed by atoms with Crippen molar-refractivity contribution >= 4 is 11.7 Å². The van der Waals surface area contributed by atoms with E-state index < -0.39 is 0 Å². The van der Waals surface area contributed by atoms with E-state index in [1.807, 2.05) is 4.90 Å². The lowest BCUT2D eigenvalue weighted by atomic mass is 9.89. The number of ether oxygens (including phenoxy) is 1. The molecule has 0 aromatic carbocycles. The molecule has 114 valence electrons. The Balaban J connectivity index is 1.71. The minimum atomic E-state index is -0.165. The molecule has 2 N–H and O–H groups in total.